The smallest absolute Gasteiger partial charge is 0.162 e. The molecule has 21 heavy (non-hydrogen) atoms. The Kier molecular flexibility index (Phi) is 5.39. The van der Waals surface area contributed by atoms with Gasteiger partial charge in [0.15, 0.2) is 11.6 Å². The van der Waals surface area contributed by atoms with Crippen LogP contribution < -0.4 is 5.32 Å². The molecule has 2 aromatic carbocycles. The van der Waals surface area contributed by atoms with E-state index in [0.29, 0.717) is 24.9 Å². The van der Waals surface area contributed by atoms with Gasteiger partial charge in [0.05, 0.1) is 0 Å². The first-order valence-electron chi connectivity index (χ1n) is 7.01. The van der Waals surface area contributed by atoms with Crippen LogP contribution in [-0.4, -0.2) is 12.6 Å². The average Bonchev–Trinajstić information content (AvgIpc) is 2.44. The first-order chi connectivity index (χ1) is 10.1. The molecule has 0 saturated carbocycles. The van der Waals surface area contributed by atoms with Crippen molar-refractivity contribution in [1.29, 1.82) is 0 Å². The first-order valence-corrected chi connectivity index (χ1v) is 7.01. The maximum absolute atomic E-state index is 13.7. The molecular formula is C17H18F3N. The van der Waals surface area contributed by atoms with Gasteiger partial charge in [0, 0.05) is 6.04 Å². The lowest BCUT2D eigenvalue weighted by atomic mass is 9.98. The van der Waals surface area contributed by atoms with Gasteiger partial charge in [0.1, 0.15) is 5.82 Å². The largest absolute Gasteiger partial charge is 0.314 e. The number of likely N-dealkylation sites (N-methyl/N-ethyl adjacent to an activating group) is 1. The maximum Gasteiger partial charge on any atom is 0.162 e. The Morgan fingerprint density at radius 1 is 1.00 bits per heavy atom. The summed E-state index contributed by atoms with van der Waals surface area (Å²) in [5, 5.41) is 3.23. The zero-order valence-electron chi connectivity index (χ0n) is 11.9. The maximum atomic E-state index is 13.7. The molecule has 0 fully saturated rings. The molecule has 2 aromatic rings. The lowest BCUT2D eigenvalue weighted by Gasteiger charge is -2.18. The van der Waals surface area contributed by atoms with Crippen LogP contribution in [0, 0.1) is 17.5 Å². The minimum absolute atomic E-state index is 0.0758. The third-order valence-corrected chi connectivity index (χ3v) is 3.36. The second kappa shape index (κ2) is 7.27. The van der Waals surface area contributed by atoms with Crippen LogP contribution >= 0.6 is 0 Å². The quantitative estimate of drug-likeness (QED) is 0.852. The zero-order chi connectivity index (χ0) is 15.2. The molecule has 0 aliphatic heterocycles. The molecule has 0 heterocycles. The van der Waals surface area contributed by atoms with Crippen molar-refractivity contribution in [2.24, 2.45) is 0 Å². The molecule has 0 amide bonds. The molecule has 1 N–H and O–H groups in total. The fourth-order valence-corrected chi connectivity index (χ4v) is 2.43. The van der Waals surface area contributed by atoms with E-state index in [4.69, 9.17) is 0 Å². The number of hydrogen-bond acceptors (Lipinski definition) is 1. The van der Waals surface area contributed by atoms with Crippen molar-refractivity contribution in [2.45, 2.75) is 25.8 Å². The van der Waals surface area contributed by atoms with Gasteiger partial charge in [-0.25, -0.2) is 13.2 Å². The van der Waals surface area contributed by atoms with E-state index in [1.54, 1.807) is 12.1 Å². The zero-order valence-corrected chi connectivity index (χ0v) is 11.9. The van der Waals surface area contributed by atoms with Crippen LogP contribution in [0.25, 0.3) is 0 Å². The van der Waals surface area contributed by atoms with E-state index in [-0.39, 0.29) is 11.9 Å². The number of hydrogen-bond donors (Lipinski definition) is 1. The van der Waals surface area contributed by atoms with Crippen molar-refractivity contribution in [3.63, 3.8) is 0 Å². The fraction of sp³-hybridized carbons (Fsp3) is 0.294. The molecule has 0 radical (unpaired) electrons. The van der Waals surface area contributed by atoms with Crippen molar-refractivity contribution >= 4 is 0 Å². The summed E-state index contributed by atoms with van der Waals surface area (Å²) in [4.78, 5) is 0. The molecule has 0 spiro atoms. The Morgan fingerprint density at radius 3 is 2.48 bits per heavy atom. The van der Waals surface area contributed by atoms with Gasteiger partial charge in [-0.15, -0.1) is 0 Å². The van der Waals surface area contributed by atoms with Crippen LogP contribution in [-0.2, 0) is 12.8 Å². The van der Waals surface area contributed by atoms with Gasteiger partial charge in [-0.3, -0.25) is 0 Å². The Balaban J connectivity index is 2.13. The summed E-state index contributed by atoms with van der Waals surface area (Å²) < 4.78 is 40.2. The van der Waals surface area contributed by atoms with E-state index in [1.807, 2.05) is 13.0 Å². The predicted molar refractivity (Wildman–Crippen MR) is 77.6 cm³/mol. The van der Waals surface area contributed by atoms with Crippen LogP contribution in [0.15, 0.2) is 42.5 Å². The molecule has 1 unspecified atom stereocenters. The standard InChI is InChI=1S/C17H18F3N/c1-2-21-15(10-12-5-3-7-14(18)9-12)11-13-6-4-8-16(19)17(13)20/h3-9,15,21H,2,10-11H2,1H3. The highest BCUT2D eigenvalue weighted by Crippen LogP contribution is 2.15. The molecule has 4 heteroatoms. The van der Waals surface area contributed by atoms with E-state index in [1.165, 1.54) is 18.2 Å². The van der Waals surface area contributed by atoms with Crippen LogP contribution in [0.5, 0.6) is 0 Å². The summed E-state index contributed by atoms with van der Waals surface area (Å²) in [5.41, 5.74) is 1.16. The van der Waals surface area contributed by atoms with Gasteiger partial charge < -0.3 is 5.32 Å². The predicted octanol–water partition coefficient (Wildman–Crippen LogP) is 3.87. The summed E-state index contributed by atoms with van der Waals surface area (Å²) in [7, 11) is 0. The summed E-state index contributed by atoms with van der Waals surface area (Å²) in [6, 6.07) is 10.4. The fourth-order valence-electron chi connectivity index (χ4n) is 2.43. The van der Waals surface area contributed by atoms with E-state index < -0.39 is 11.6 Å². The van der Waals surface area contributed by atoms with Crippen LogP contribution in [0.1, 0.15) is 18.1 Å². The summed E-state index contributed by atoms with van der Waals surface area (Å²) in [6.07, 6.45) is 0.912. The van der Waals surface area contributed by atoms with Gasteiger partial charge >= 0.3 is 0 Å². The highest BCUT2D eigenvalue weighted by atomic mass is 19.2. The van der Waals surface area contributed by atoms with E-state index >= 15 is 0 Å². The van der Waals surface area contributed by atoms with Gasteiger partial charge in [0.25, 0.3) is 0 Å². The number of rotatable bonds is 6. The van der Waals surface area contributed by atoms with Crippen molar-refractivity contribution in [2.75, 3.05) is 6.54 Å². The highest BCUT2D eigenvalue weighted by Gasteiger charge is 2.14. The van der Waals surface area contributed by atoms with Gasteiger partial charge in [-0.1, -0.05) is 31.2 Å². The Bertz CT molecular complexity index is 598. The lowest BCUT2D eigenvalue weighted by Crippen LogP contribution is -2.33. The number of benzene rings is 2. The first kappa shape index (κ1) is 15.6. The summed E-state index contributed by atoms with van der Waals surface area (Å²) >= 11 is 0. The molecular weight excluding hydrogens is 275 g/mol. The minimum Gasteiger partial charge on any atom is -0.314 e. The molecule has 1 atom stereocenters. The Morgan fingerprint density at radius 2 is 1.76 bits per heavy atom. The molecule has 2 rings (SSSR count). The Hall–Kier alpha value is -1.81. The summed E-state index contributed by atoms with van der Waals surface area (Å²) in [6.45, 7) is 2.65. The van der Waals surface area contributed by atoms with Gasteiger partial charge in [-0.2, -0.15) is 0 Å². The van der Waals surface area contributed by atoms with E-state index in [9.17, 15) is 13.2 Å². The van der Waals surface area contributed by atoms with E-state index in [0.717, 1.165) is 11.6 Å². The topological polar surface area (TPSA) is 12.0 Å². The van der Waals surface area contributed by atoms with E-state index in [2.05, 4.69) is 5.32 Å². The monoisotopic (exact) mass is 293 g/mol. The lowest BCUT2D eigenvalue weighted by molar-refractivity contribution is 0.473. The van der Waals surface area contributed by atoms with Crippen molar-refractivity contribution in [3.8, 4) is 0 Å². The number of nitrogens with one attached hydrogen (secondary N) is 1. The molecule has 112 valence electrons. The van der Waals surface area contributed by atoms with Crippen LogP contribution in [0.2, 0.25) is 0 Å². The van der Waals surface area contributed by atoms with Crippen molar-refractivity contribution in [1.82, 2.24) is 5.32 Å². The molecule has 0 aliphatic carbocycles. The van der Waals surface area contributed by atoms with Gasteiger partial charge in [-0.05, 0) is 48.7 Å². The number of halogens is 3. The SMILES string of the molecule is CCNC(Cc1cccc(F)c1)Cc1cccc(F)c1F. The minimum atomic E-state index is -0.839. The summed E-state index contributed by atoms with van der Waals surface area (Å²) in [5.74, 6) is -1.94. The molecule has 1 nitrogen and oxygen atoms in total. The van der Waals surface area contributed by atoms with Crippen molar-refractivity contribution in [3.05, 3.63) is 71.0 Å². The molecule has 0 aromatic heterocycles. The second-order valence-electron chi connectivity index (χ2n) is 5.01. The highest BCUT2D eigenvalue weighted by molar-refractivity contribution is 5.22. The van der Waals surface area contributed by atoms with Crippen LogP contribution in [0.3, 0.4) is 0 Å². The van der Waals surface area contributed by atoms with Crippen LogP contribution in [0.4, 0.5) is 13.2 Å². The van der Waals surface area contributed by atoms with Crippen molar-refractivity contribution < 1.29 is 13.2 Å². The third-order valence-electron chi connectivity index (χ3n) is 3.36. The Labute approximate surface area is 122 Å². The molecule has 0 aliphatic rings. The average molecular weight is 293 g/mol. The second-order valence-corrected chi connectivity index (χ2v) is 5.01. The van der Waals surface area contributed by atoms with Gasteiger partial charge in [0.2, 0.25) is 0 Å². The normalized spacial score (nSPS) is 12.4. The third kappa shape index (κ3) is 4.33. The molecule has 0 saturated heterocycles. The molecule has 0 bridgehead atoms.